The van der Waals surface area contributed by atoms with Crippen LogP contribution in [0.1, 0.15) is 22.5 Å². The lowest BCUT2D eigenvalue weighted by Gasteiger charge is -2.09. The molecule has 108 valence electrons. The molecule has 0 spiro atoms. The molecule has 1 aromatic heterocycles. The predicted molar refractivity (Wildman–Crippen MR) is 75.6 cm³/mol. The Bertz CT molecular complexity index is 741. The van der Waals surface area contributed by atoms with Crippen LogP contribution in [0, 0.1) is 25.2 Å². The molecule has 2 rings (SSSR count). The molecule has 21 heavy (non-hydrogen) atoms. The van der Waals surface area contributed by atoms with Crippen LogP contribution in [0.2, 0.25) is 0 Å². The zero-order valence-corrected chi connectivity index (χ0v) is 12.0. The third-order valence-electron chi connectivity index (χ3n) is 3.32. The van der Waals surface area contributed by atoms with Crippen molar-refractivity contribution in [3.05, 3.63) is 40.7 Å². The van der Waals surface area contributed by atoms with Crippen molar-refractivity contribution in [1.29, 1.82) is 5.26 Å². The topological polar surface area (TPSA) is 88.1 Å². The maximum atomic E-state index is 10.9. The van der Waals surface area contributed by atoms with Gasteiger partial charge in [-0.15, -0.1) is 0 Å². The molecule has 0 aliphatic carbocycles. The van der Waals surface area contributed by atoms with Crippen molar-refractivity contribution in [1.82, 2.24) is 9.78 Å². The molecule has 0 radical (unpaired) electrons. The number of aliphatic carboxylic acids is 1. The van der Waals surface area contributed by atoms with Crippen LogP contribution in [0.15, 0.2) is 18.2 Å². The van der Waals surface area contributed by atoms with Gasteiger partial charge in [0.15, 0.2) is 0 Å². The number of nitrogens with zero attached hydrogens (tertiary/aromatic N) is 3. The number of benzene rings is 1. The molecule has 0 aliphatic heterocycles. The van der Waals surface area contributed by atoms with Gasteiger partial charge in [-0.05, 0) is 26.0 Å². The van der Waals surface area contributed by atoms with Crippen molar-refractivity contribution in [2.24, 2.45) is 0 Å². The van der Waals surface area contributed by atoms with E-state index < -0.39 is 5.97 Å². The fourth-order valence-electron chi connectivity index (χ4n) is 2.22. The Labute approximate surface area is 122 Å². The van der Waals surface area contributed by atoms with E-state index in [9.17, 15) is 10.1 Å². The van der Waals surface area contributed by atoms with Crippen molar-refractivity contribution in [3.8, 4) is 17.5 Å². The number of carbonyl (C=O) groups is 1. The summed E-state index contributed by atoms with van der Waals surface area (Å²) in [7, 11) is 1.54. The number of rotatable bonds is 4. The Balaban J connectivity index is 2.62. The average Bonchev–Trinajstić information content (AvgIpc) is 2.74. The highest BCUT2D eigenvalue weighted by molar-refractivity contribution is 5.71. The van der Waals surface area contributed by atoms with Crippen LogP contribution in [0.25, 0.3) is 5.69 Å². The van der Waals surface area contributed by atoms with E-state index in [4.69, 9.17) is 9.84 Å². The highest BCUT2D eigenvalue weighted by Gasteiger charge is 2.17. The minimum absolute atomic E-state index is 0.0937. The molecular formula is C15H15N3O3. The Morgan fingerprint density at radius 3 is 2.76 bits per heavy atom. The van der Waals surface area contributed by atoms with Gasteiger partial charge in [-0.2, -0.15) is 10.4 Å². The third-order valence-corrected chi connectivity index (χ3v) is 3.32. The lowest BCUT2D eigenvalue weighted by molar-refractivity contribution is -0.136. The lowest BCUT2D eigenvalue weighted by Crippen LogP contribution is -2.05. The van der Waals surface area contributed by atoms with Crippen molar-refractivity contribution in [2.45, 2.75) is 20.3 Å². The van der Waals surface area contributed by atoms with Crippen LogP contribution in [0.5, 0.6) is 5.75 Å². The second kappa shape index (κ2) is 5.67. The standard InChI is InChI=1S/C15H15N3O3/c1-9-13(7-15(19)20)10(2)18(17-9)14-6-12(21-3)5-4-11(14)8-16/h4-6H,7H2,1-3H3,(H,19,20). The summed E-state index contributed by atoms with van der Waals surface area (Å²) in [5.41, 5.74) is 3.04. The zero-order valence-electron chi connectivity index (χ0n) is 12.0. The molecule has 1 N–H and O–H groups in total. The smallest absolute Gasteiger partial charge is 0.307 e. The van der Waals surface area contributed by atoms with Gasteiger partial charge in [0.2, 0.25) is 0 Å². The largest absolute Gasteiger partial charge is 0.497 e. The molecule has 0 aliphatic rings. The first-order valence-corrected chi connectivity index (χ1v) is 6.33. The lowest BCUT2D eigenvalue weighted by atomic mass is 10.1. The number of hydrogen-bond donors (Lipinski definition) is 1. The van der Waals surface area contributed by atoms with Crippen molar-refractivity contribution in [2.75, 3.05) is 7.11 Å². The predicted octanol–water partition coefficient (Wildman–Crippen LogP) is 2.00. The number of carboxylic acid groups (broad SMARTS) is 1. The average molecular weight is 285 g/mol. The number of carboxylic acids is 1. The number of aryl methyl sites for hydroxylation is 1. The Kier molecular flexibility index (Phi) is 3.94. The van der Waals surface area contributed by atoms with Crippen molar-refractivity contribution >= 4 is 5.97 Å². The fourth-order valence-corrected chi connectivity index (χ4v) is 2.22. The van der Waals surface area contributed by atoms with Gasteiger partial charge in [-0.3, -0.25) is 4.79 Å². The summed E-state index contributed by atoms with van der Waals surface area (Å²) >= 11 is 0. The number of ether oxygens (including phenoxy) is 1. The van der Waals surface area contributed by atoms with Crippen LogP contribution < -0.4 is 4.74 Å². The summed E-state index contributed by atoms with van der Waals surface area (Å²) in [4.78, 5) is 10.9. The monoisotopic (exact) mass is 285 g/mol. The summed E-state index contributed by atoms with van der Waals surface area (Å²) in [5.74, 6) is -0.303. The summed E-state index contributed by atoms with van der Waals surface area (Å²) < 4.78 is 6.76. The molecule has 1 heterocycles. The van der Waals surface area contributed by atoms with Gasteiger partial charge in [-0.1, -0.05) is 0 Å². The van der Waals surface area contributed by atoms with Crippen molar-refractivity contribution < 1.29 is 14.6 Å². The van der Waals surface area contributed by atoms with E-state index in [1.807, 2.05) is 0 Å². The molecule has 0 saturated carbocycles. The van der Waals surface area contributed by atoms with E-state index >= 15 is 0 Å². The molecule has 0 bridgehead atoms. The summed E-state index contributed by atoms with van der Waals surface area (Å²) in [5, 5.41) is 22.6. The summed E-state index contributed by atoms with van der Waals surface area (Å²) in [6, 6.07) is 7.17. The first-order valence-electron chi connectivity index (χ1n) is 6.33. The van der Waals surface area contributed by atoms with Crippen LogP contribution in [0.3, 0.4) is 0 Å². The number of nitriles is 1. The van der Waals surface area contributed by atoms with Gasteiger partial charge in [0.05, 0.1) is 30.5 Å². The molecule has 6 nitrogen and oxygen atoms in total. The molecule has 0 saturated heterocycles. The SMILES string of the molecule is COc1ccc(C#N)c(-n2nc(C)c(CC(=O)O)c2C)c1. The second-order valence-corrected chi connectivity index (χ2v) is 4.63. The van der Waals surface area contributed by atoms with Gasteiger partial charge in [0.25, 0.3) is 0 Å². The molecule has 0 fully saturated rings. The van der Waals surface area contributed by atoms with Crippen LogP contribution in [0.4, 0.5) is 0 Å². The maximum Gasteiger partial charge on any atom is 0.307 e. The normalized spacial score (nSPS) is 10.2. The van der Waals surface area contributed by atoms with Crippen LogP contribution >= 0.6 is 0 Å². The number of hydrogen-bond acceptors (Lipinski definition) is 4. The third kappa shape index (κ3) is 2.72. The van der Waals surface area contributed by atoms with Crippen LogP contribution in [-0.2, 0) is 11.2 Å². The molecule has 1 aromatic carbocycles. The van der Waals surface area contributed by atoms with Crippen LogP contribution in [-0.4, -0.2) is 28.0 Å². The maximum absolute atomic E-state index is 10.9. The van der Waals surface area contributed by atoms with E-state index in [0.717, 1.165) is 0 Å². The summed E-state index contributed by atoms with van der Waals surface area (Å²) in [6.45, 7) is 3.55. The fraction of sp³-hybridized carbons (Fsp3) is 0.267. The Morgan fingerprint density at radius 1 is 1.48 bits per heavy atom. The van der Waals surface area contributed by atoms with Gasteiger partial charge >= 0.3 is 5.97 Å². The number of aromatic nitrogens is 2. The number of methoxy groups -OCH3 is 1. The van der Waals surface area contributed by atoms with Gasteiger partial charge in [0.1, 0.15) is 11.8 Å². The van der Waals surface area contributed by atoms with Crippen molar-refractivity contribution in [3.63, 3.8) is 0 Å². The van der Waals surface area contributed by atoms with E-state index in [0.29, 0.717) is 34.0 Å². The van der Waals surface area contributed by atoms with Gasteiger partial charge < -0.3 is 9.84 Å². The second-order valence-electron chi connectivity index (χ2n) is 4.63. The van der Waals surface area contributed by atoms with Gasteiger partial charge in [-0.25, -0.2) is 4.68 Å². The first kappa shape index (κ1) is 14.6. The summed E-state index contributed by atoms with van der Waals surface area (Å²) in [6.07, 6.45) is -0.0937. The van der Waals surface area contributed by atoms with E-state index in [1.165, 1.54) is 0 Å². The first-order chi connectivity index (χ1) is 9.97. The quantitative estimate of drug-likeness (QED) is 0.928. The molecule has 0 atom stereocenters. The molecule has 6 heteroatoms. The zero-order chi connectivity index (χ0) is 15.6. The molecule has 2 aromatic rings. The van der Waals surface area contributed by atoms with E-state index in [2.05, 4.69) is 11.2 Å². The highest BCUT2D eigenvalue weighted by atomic mass is 16.5. The highest BCUT2D eigenvalue weighted by Crippen LogP contribution is 2.24. The van der Waals surface area contributed by atoms with E-state index in [1.54, 1.807) is 43.8 Å². The molecular weight excluding hydrogens is 270 g/mol. The molecule has 0 amide bonds. The van der Waals surface area contributed by atoms with Gasteiger partial charge in [0, 0.05) is 17.3 Å². The molecule has 0 unspecified atom stereocenters. The Morgan fingerprint density at radius 2 is 2.19 bits per heavy atom. The van der Waals surface area contributed by atoms with E-state index in [-0.39, 0.29) is 6.42 Å². The Hall–Kier alpha value is -2.81. The minimum Gasteiger partial charge on any atom is -0.497 e. The minimum atomic E-state index is -0.910.